The lowest BCUT2D eigenvalue weighted by molar-refractivity contribution is -0.146. The van der Waals surface area contributed by atoms with Gasteiger partial charge in [0.05, 0.1) is 17.9 Å². The van der Waals surface area contributed by atoms with Crippen molar-refractivity contribution in [2.24, 2.45) is 5.41 Å². The zero-order valence-electron chi connectivity index (χ0n) is 11.4. The van der Waals surface area contributed by atoms with Crippen LogP contribution >= 0.6 is 11.8 Å². The standard InChI is InChI=1S/C13H22N2O3S/c1-13(3-2-4-14-9-13)12(18)15-5-6-19-8-10(15)7-11(16)17/h10,14H,2-9H2,1H3,(H,16,17). The molecule has 2 saturated heterocycles. The predicted molar refractivity (Wildman–Crippen MR) is 75.3 cm³/mol. The van der Waals surface area contributed by atoms with E-state index in [1.807, 2.05) is 11.8 Å². The lowest BCUT2D eigenvalue weighted by Crippen LogP contribution is -2.56. The van der Waals surface area contributed by atoms with Crippen molar-refractivity contribution >= 4 is 23.6 Å². The maximum absolute atomic E-state index is 12.8. The van der Waals surface area contributed by atoms with Gasteiger partial charge < -0.3 is 15.3 Å². The predicted octanol–water partition coefficient (Wildman–Crippen LogP) is 0.795. The molecule has 0 saturated carbocycles. The summed E-state index contributed by atoms with van der Waals surface area (Å²) in [4.78, 5) is 25.5. The Labute approximate surface area is 118 Å². The second-order valence-electron chi connectivity index (χ2n) is 5.67. The highest BCUT2D eigenvalue weighted by Crippen LogP contribution is 2.31. The molecule has 0 aliphatic carbocycles. The van der Waals surface area contributed by atoms with Crippen LogP contribution in [0.3, 0.4) is 0 Å². The smallest absolute Gasteiger partial charge is 0.305 e. The van der Waals surface area contributed by atoms with E-state index in [1.165, 1.54) is 0 Å². The first-order chi connectivity index (χ1) is 9.03. The van der Waals surface area contributed by atoms with Crippen molar-refractivity contribution < 1.29 is 14.7 Å². The largest absolute Gasteiger partial charge is 0.481 e. The van der Waals surface area contributed by atoms with E-state index < -0.39 is 5.97 Å². The van der Waals surface area contributed by atoms with Crippen LogP contribution < -0.4 is 5.32 Å². The third-order valence-electron chi connectivity index (χ3n) is 4.01. The van der Waals surface area contributed by atoms with Crippen molar-refractivity contribution in [3.05, 3.63) is 0 Å². The topological polar surface area (TPSA) is 69.6 Å². The number of carboxylic acids is 1. The summed E-state index contributed by atoms with van der Waals surface area (Å²) in [5, 5.41) is 12.3. The fourth-order valence-corrected chi connectivity index (χ4v) is 3.94. The van der Waals surface area contributed by atoms with Crippen molar-refractivity contribution in [1.82, 2.24) is 10.2 Å². The lowest BCUT2D eigenvalue weighted by Gasteiger charge is -2.42. The van der Waals surface area contributed by atoms with E-state index in [1.54, 1.807) is 11.8 Å². The second kappa shape index (κ2) is 6.13. The molecule has 2 N–H and O–H groups in total. The van der Waals surface area contributed by atoms with E-state index in [9.17, 15) is 9.59 Å². The van der Waals surface area contributed by atoms with Crippen molar-refractivity contribution in [2.75, 3.05) is 31.1 Å². The van der Waals surface area contributed by atoms with Crippen LogP contribution in [0.25, 0.3) is 0 Å². The number of nitrogens with zero attached hydrogens (tertiary/aromatic N) is 1. The molecule has 0 aromatic heterocycles. The minimum absolute atomic E-state index is 0.0578. The number of nitrogens with one attached hydrogen (secondary N) is 1. The molecule has 2 heterocycles. The van der Waals surface area contributed by atoms with Gasteiger partial charge in [-0.2, -0.15) is 11.8 Å². The molecular weight excluding hydrogens is 264 g/mol. The Morgan fingerprint density at radius 1 is 1.53 bits per heavy atom. The molecule has 19 heavy (non-hydrogen) atoms. The zero-order chi connectivity index (χ0) is 13.9. The number of piperidine rings is 1. The minimum atomic E-state index is -0.822. The molecule has 6 heteroatoms. The quantitative estimate of drug-likeness (QED) is 0.803. The molecule has 1 amide bonds. The van der Waals surface area contributed by atoms with E-state index in [-0.39, 0.29) is 23.8 Å². The molecule has 2 unspecified atom stereocenters. The highest BCUT2D eigenvalue weighted by molar-refractivity contribution is 7.99. The lowest BCUT2D eigenvalue weighted by atomic mass is 9.81. The van der Waals surface area contributed by atoms with Crippen LogP contribution in [0.2, 0.25) is 0 Å². The molecule has 2 atom stereocenters. The van der Waals surface area contributed by atoms with Gasteiger partial charge in [-0.1, -0.05) is 0 Å². The third kappa shape index (κ3) is 3.42. The summed E-state index contributed by atoms with van der Waals surface area (Å²) in [5.41, 5.74) is -0.364. The Morgan fingerprint density at radius 3 is 2.95 bits per heavy atom. The molecule has 5 nitrogen and oxygen atoms in total. The van der Waals surface area contributed by atoms with Crippen LogP contribution in [0.5, 0.6) is 0 Å². The first kappa shape index (κ1) is 14.7. The summed E-state index contributed by atoms with van der Waals surface area (Å²) < 4.78 is 0. The molecule has 0 aromatic rings. The van der Waals surface area contributed by atoms with Gasteiger partial charge >= 0.3 is 5.97 Å². The SMILES string of the molecule is CC1(C(=O)N2CCSCC2CC(=O)O)CCCNC1. The number of hydrogen-bond donors (Lipinski definition) is 2. The van der Waals surface area contributed by atoms with Crippen LogP contribution in [-0.2, 0) is 9.59 Å². The monoisotopic (exact) mass is 286 g/mol. The molecule has 2 aliphatic heterocycles. The average Bonchev–Trinajstić information content (AvgIpc) is 2.39. The van der Waals surface area contributed by atoms with Gasteiger partial charge in [0, 0.05) is 24.6 Å². The van der Waals surface area contributed by atoms with Gasteiger partial charge in [0.25, 0.3) is 0 Å². The normalized spacial score (nSPS) is 32.1. The molecule has 2 fully saturated rings. The van der Waals surface area contributed by atoms with Crippen LogP contribution in [0.4, 0.5) is 0 Å². The van der Waals surface area contributed by atoms with Gasteiger partial charge in [-0.05, 0) is 26.3 Å². The number of thioether (sulfide) groups is 1. The first-order valence-corrected chi connectivity index (χ1v) is 8.00. The first-order valence-electron chi connectivity index (χ1n) is 6.84. The van der Waals surface area contributed by atoms with Gasteiger partial charge in [-0.3, -0.25) is 9.59 Å². The molecular formula is C13H22N2O3S. The van der Waals surface area contributed by atoms with Crippen LogP contribution in [-0.4, -0.2) is 59.1 Å². The Hall–Kier alpha value is -0.750. The summed E-state index contributed by atoms with van der Waals surface area (Å²) in [6.07, 6.45) is 1.96. The average molecular weight is 286 g/mol. The van der Waals surface area contributed by atoms with E-state index >= 15 is 0 Å². The van der Waals surface area contributed by atoms with Crippen LogP contribution in [0, 0.1) is 5.41 Å². The maximum Gasteiger partial charge on any atom is 0.305 e. The van der Waals surface area contributed by atoms with Crippen LogP contribution in [0.1, 0.15) is 26.2 Å². The summed E-state index contributed by atoms with van der Waals surface area (Å²) >= 11 is 1.74. The number of carbonyl (C=O) groups is 2. The van der Waals surface area contributed by atoms with Gasteiger partial charge in [-0.25, -0.2) is 0 Å². The third-order valence-corrected chi connectivity index (χ3v) is 5.10. The molecule has 2 aliphatic rings. The Bertz CT molecular complexity index is 356. The minimum Gasteiger partial charge on any atom is -0.481 e. The Morgan fingerprint density at radius 2 is 2.32 bits per heavy atom. The summed E-state index contributed by atoms with van der Waals surface area (Å²) in [7, 11) is 0. The maximum atomic E-state index is 12.8. The number of carboxylic acid groups (broad SMARTS) is 1. The molecule has 0 radical (unpaired) electrons. The number of amides is 1. The number of hydrogen-bond acceptors (Lipinski definition) is 4. The Balaban J connectivity index is 2.08. The number of carbonyl (C=O) groups excluding carboxylic acids is 1. The molecule has 0 bridgehead atoms. The van der Waals surface area contributed by atoms with E-state index in [0.717, 1.165) is 30.9 Å². The van der Waals surface area contributed by atoms with Gasteiger partial charge in [-0.15, -0.1) is 0 Å². The van der Waals surface area contributed by atoms with Gasteiger partial charge in [0.1, 0.15) is 0 Å². The molecule has 108 valence electrons. The van der Waals surface area contributed by atoms with E-state index in [0.29, 0.717) is 13.1 Å². The molecule has 2 rings (SSSR count). The summed E-state index contributed by atoms with van der Waals surface area (Å²) in [6.45, 7) is 4.35. The fourth-order valence-electron chi connectivity index (χ4n) is 2.88. The number of rotatable bonds is 3. The van der Waals surface area contributed by atoms with E-state index in [4.69, 9.17) is 5.11 Å². The molecule has 0 spiro atoms. The zero-order valence-corrected chi connectivity index (χ0v) is 12.2. The van der Waals surface area contributed by atoms with E-state index in [2.05, 4.69) is 5.32 Å². The van der Waals surface area contributed by atoms with Crippen molar-refractivity contribution in [2.45, 2.75) is 32.2 Å². The molecule has 0 aromatic carbocycles. The second-order valence-corrected chi connectivity index (χ2v) is 6.82. The van der Waals surface area contributed by atoms with Crippen molar-refractivity contribution in [3.63, 3.8) is 0 Å². The number of aliphatic carboxylic acids is 1. The summed E-state index contributed by atoms with van der Waals surface area (Å²) in [6, 6.07) is -0.150. The van der Waals surface area contributed by atoms with Crippen molar-refractivity contribution in [3.8, 4) is 0 Å². The van der Waals surface area contributed by atoms with Gasteiger partial charge in [0.15, 0.2) is 0 Å². The Kier molecular flexibility index (Phi) is 4.73. The van der Waals surface area contributed by atoms with Crippen molar-refractivity contribution in [1.29, 1.82) is 0 Å². The highest BCUT2D eigenvalue weighted by Gasteiger charge is 2.41. The van der Waals surface area contributed by atoms with Crippen LogP contribution in [0.15, 0.2) is 0 Å². The summed E-state index contributed by atoms with van der Waals surface area (Å²) in [5.74, 6) is 0.955. The van der Waals surface area contributed by atoms with Gasteiger partial charge in [0.2, 0.25) is 5.91 Å². The highest BCUT2D eigenvalue weighted by atomic mass is 32.2. The fraction of sp³-hybridized carbons (Fsp3) is 0.846.